The Morgan fingerprint density at radius 2 is 1.76 bits per heavy atom. The normalized spacial score (nSPS) is 15.7. The van der Waals surface area contributed by atoms with E-state index in [1.54, 1.807) is 12.1 Å². The van der Waals surface area contributed by atoms with Crippen molar-refractivity contribution in [3.63, 3.8) is 0 Å². The highest BCUT2D eigenvalue weighted by Gasteiger charge is 2.26. The van der Waals surface area contributed by atoms with Crippen LogP contribution < -0.4 is 5.32 Å². The molecule has 1 aromatic heterocycles. The van der Waals surface area contributed by atoms with Crippen LogP contribution in [0.2, 0.25) is 0 Å². The molecule has 3 N–H and O–H groups in total. The van der Waals surface area contributed by atoms with Crippen molar-refractivity contribution in [1.82, 2.24) is 19.8 Å². The molecule has 2 heterocycles. The molecule has 221 valence electrons. The maximum Gasteiger partial charge on any atom is 0.272 e. The Hall–Kier alpha value is -3.07. The molecule has 41 heavy (non-hydrogen) atoms. The average molecular weight is 564 g/mol. The van der Waals surface area contributed by atoms with Crippen LogP contribution in [0.5, 0.6) is 0 Å². The maximum absolute atomic E-state index is 13.7. The van der Waals surface area contributed by atoms with E-state index in [4.69, 9.17) is 4.98 Å². The van der Waals surface area contributed by atoms with E-state index in [1.165, 1.54) is 37.0 Å². The zero-order valence-electron chi connectivity index (χ0n) is 24.4. The molecular weight excluding hydrogens is 519 g/mol. The molecule has 2 atom stereocenters. The molecule has 1 radical (unpaired) electrons. The lowest BCUT2D eigenvalue weighted by Crippen LogP contribution is -2.29. The summed E-state index contributed by atoms with van der Waals surface area (Å²) in [6.45, 7) is 11.7. The third-order valence-corrected chi connectivity index (χ3v) is 7.73. The third-order valence-electron chi connectivity index (χ3n) is 7.73. The molecule has 1 amide bonds. The number of halogens is 1. The number of carbonyl (C=O) groups is 1. The fourth-order valence-electron chi connectivity index (χ4n) is 5.57. The smallest absolute Gasteiger partial charge is 0.272 e. The third kappa shape index (κ3) is 8.47. The van der Waals surface area contributed by atoms with Gasteiger partial charge < -0.3 is 20.1 Å². The van der Waals surface area contributed by atoms with E-state index in [9.17, 15) is 19.4 Å². The van der Waals surface area contributed by atoms with Crippen LogP contribution in [0.15, 0.2) is 48.5 Å². The molecule has 4 rings (SSSR count). The number of carbonyl (C=O) groups excluding carboxylic acids is 1. The van der Waals surface area contributed by atoms with Gasteiger partial charge in [-0.1, -0.05) is 51.5 Å². The fraction of sp³-hybridized carbons (Fsp3) is 0.485. The van der Waals surface area contributed by atoms with Crippen molar-refractivity contribution in [3.8, 4) is 11.4 Å². The van der Waals surface area contributed by atoms with Gasteiger partial charge in [0, 0.05) is 25.2 Å². The fourth-order valence-corrected chi connectivity index (χ4v) is 5.57. The predicted molar refractivity (Wildman–Crippen MR) is 160 cm³/mol. The van der Waals surface area contributed by atoms with Gasteiger partial charge in [0.1, 0.15) is 17.3 Å². The molecule has 2 unspecified atom stereocenters. The number of aromatic nitrogens is 2. The number of imidazole rings is 1. The number of nitrogens with one attached hydrogen (secondary N) is 1. The first-order valence-corrected chi connectivity index (χ1v) is 14.8. The summed E-state index contributed by atoms with van der Waals surface area (Å²) in [4.78, 5) is 20.8. The Balaban J connectivity index is 1.55. The van der Waals surface area contributed by atoms with Gasteiger partial charge in [-0.3, -0.25) is 9.69 Å². The number of nitrogens with zero attached hydrogens (tertiary/aromatic N) is 3. The number of likely N-dealkylation sites (tertiary alicyclic amines) is 1. The van der Waals surface area contributed by atoms with Crippen LogP contribution in [0.4, 0.5) is 4.39 Å². The minimum Gasteiger partial charge on any atom is -0.393 e. The van der Waals surface area contributed by atoms with Gasteiger partial charge >= 0.3 is 0 Å². The number of amides is 1. The molecule has 7 nitrogen and oxygen atoms in total. The second kappa shape index (κ2) is 14.7. The van der Waals surface area contributed by atoms with Gasteiger partial charge in [0.15, 0.2) is 0 Å². The van der Waals surface area contributed by atoms with Crippen LogP contribution in [0, 0.1) is 12.7 Å². The Morgan fingerprint density at radius 3 is 2.44 bits per heavy atom. The maximum atomic E-state index is 13.7. The summed E-state index contributed by atoms with van der Waals surface area (Å²) in [6.07, 6.45) is 3.32. The molecule has 1 saturated heterocycles. The second-order valence-electron chi connectivity index (χ2n) is 11.4. The van der Waals surface area contributed by atoms with Gasteiger partial charge in [0.2, 0.25) is 0 Å². The predicted octanol–water partition coefficient (Wildman–Crippen LogP) is 5.45. The van der Waals surface area contributed by atoms with E-state index in [2.05, 4.69) is 29.3 Å². The summed E-state index contributed by atoms with van der Waals surface area (Å²) < 4.78 is 15.7. The molecule has 0 aliphatic carbocycles. The summed E-state index contributed by atoms with van der Waals surface area (Å²) in [5.74, 6) is -0.112. The first kappa shape index (κ1) is 30.9. The van der Waals surface area contributed by atoms with E-state index in [1.807, 2.05) is 30.5 Å². The summed E-state index contributed by atoms with van der Waals surface area (Å²) >= 11 is 0. The molecular formula is C33H44FN4O3. The lowest BCUT2D eigenvalue weighted by Gasteiger charge is -2.26. The highest BCUT2D eigenvalue weighted by atomic mass is 19.1. The number of rotatable bonds is 13. The van der Waals surface area contributed by atoms with Crippen LogP contribution in [-0.2, 0) is 19.6 Å². The van der Waals surface area contributed by atoms with Crippen molar-refractivity contribution in [1.29, 1.82) is 0 Å². The van der Waals surface area contributed by atoms with Gasteiger partial charge in [-0.25, -0.2) is 9.37 Å². The monoisotopic (exact) mass is 563 g/mol. The van der Waals surface area contributed by atoms with E-state index >= 15 is 0 Å². The molecule has 3 aromatic rings. The lowest BCUT2D eigenvalue weighted by molar-refractivity contribution is 0.0742. The van der Waals surface area contributed by atoms with Crippen LogP contribution >= 0.6 is 0 Å². The minimum atomic E-state index is -0.732. The van der Waals surface area contributed by atoms with Crippen LogP contribution in [0.1, 0.15) is 85.6 Å². The summed E-state index contributed by atoms with van der Waals surface area (Å²) in [6, 6.07) is 14.4. The first-order chi connectivity index (χ1) is 19.7. The second-order valence-corrected chi connectivity index (χ2v) is 11.4. The van der Waals surface area contributed by atoms with Gasteiger partial charge in [0.05, 0.1) is 17.9 Å². The van der Waals surface area contributed by atoms with Crippen molar-refractivity contribution in [2.75, 3.05) is 13.1 Å². The van der Waals surface area contributed by atoms with Gasteiger partial charge in [-0.05, 0) is 86.5 Å². The SMILES string of the molecule is [CH2]CC(O)CC(O)CCn1c(-c2ccc(F)cc2)nc(C(=O)NCc2cccc(CN3CCCCC3)c2)c1C(C)C. The van der Waals surface area contributed by atoms with Crippen molar-refractivity contribution < 1.29 is 19.4 Å². The molecule has 1 aliphatic rings. The summed E-state index contributed by atoms with van der Waals surface area (Å²) in [5.41, 5.74) is 4.04. The van der Waals surface area contributed by atoms with Crippen LogP contribution in [0.3, 0.4) is 0 Å². The first-order valence-electron chi connectivity index (χ1n) is 14.8. The highest BCUT2D eigenvalue weighted by Crippen LogP contribution is 2.29. The minimum absolute atomic E-state index is 0.0344. The topological polar surface area (TPSA) is 90.6 Å². The zero-order valence-corrected chi connectivity index (χ0v) is 24.4. The molecule has 0 bridgehead atoms. The number of hydrogen-bond acceptors (Lipinski definition) is 5. The number of piperidine rings is 1. The summed E-state index contributed by atoms with van der Waals surface area (Å²) in [7, 11) is 0. The number of aliphatic hydroxyl groups excluding tert-OH is 2. The molecule has 8 heteroatoms. The molecule has 1 aliphatic heterocycles. The van der Waals surface area contributed by atoms with Crippen molar-refractivity contribution in [2.45, 2.75) is 90.1 Å². The molecule has 1 fully saturated rings. The van der Waals surface area contributed by atoms with Gasteiger partial charge in [0.25, 0.3) is 5.91 Å². The molecule has 0 spiro atoms. The standard InChI is InChI=1S/C33H44FN4O3/c1-4-28(39)20-29(40)15-18-38-31(23(2)3)30(36-32(38)26-11-13-27(34)14-12-26)33(41)35-21-24-9-8-10-25(19-24)22-37-16-6-5-7-17-37/h8-14,19,23,28-29,39-40H,1,4-7,15-18,20-22H2,2-3H3,(H,35,41). The average Bonchev–Trinajstić information content (AvgIpc) is 3.36. The van der Waals surface area contributed by atoms with Crippen molar-refractivity contribution in [2.24, 2.45) is 0 Å². The van der Waals surface area contributed by atoms with Crippen LogP contribution in [0.25, 0.3) is 11.4 Å². The molecule has 2 aromatic carbocycles. The Labute approximate surface area is 243 Å². The quantitative estimate of drug-likeness (QED) is 0.257. The Morgan fingerprint density at radius 1 is 1.05 bits per heavy atom. The van der Waals surface area contributed by atoms with Gasteiger partial charge in [-0.15, -0.1) is 0 Å². The Kier molecular flexibility index (Phi) is 11.1. The Bertz CT molecular complexity index is 1270. The van der Waals surface area contributed by atoms with E-state index in [0.717, 1.165) is 30.9 Å². The van der Waals surface area contributed by atoms with E-state index in [-0.39, 0.29) is 24.1 Å². The van der Waals surface area contributed by atoms with Crippen molar-refractivity contribution in [3.05, 3.63) is 83.8 Å². The summed E-state index contributed by atoms with van der Waals surface area (Å²) in [5, 5.41) is 23.5. The van der Waals surface area contributed by atoms with E-state index < -0.39 is 12.2 Å². The van der Waals surface area contributed by atoms with Crippen molar-refractivity contribution >= 4 is 5.91 Å². The highest BCUT2D eigenvalue weighted by molar-refractivity contribution is 5.94. The van der Waals surface area contributed by atoms with Crippen LogP contribution in [-0.4, -0.2) is 55.9 Å². The molecule has 0 saturated carbocycles. The van der Waals surface area contributed by atoms with Gasteiger partial charge in [-0.2, -0.15) is 0 Å². The number of aliphatic hydroxyl groups is 2. The zero-order chi connectivity index (χ0) is 29.4. The lowest BCUT2D eigenvalue weighted by atomic mass is 10.1. The number of hydrogen-bond donors (Lipinski definition) is 3. The van der Waals surface area contributed by atoms with E-state index in [0.29, 0.717) is 43.0 Å². The number of benzene rings is 2. The largest absolute Gasteiger partial charge is 0.393 e.